The van der Waals surface area contributed by atoms with Crippen LogP contribution in [-0.4, -0.2) is 35.5 Å². The first-order chi connectivity index (χ1) is 6.95. The van der Waals surface area contributed by atoms with E-state index in [1.807, 2.05) is 0 Å². The molecule has 2 rings (SSSR count). The number of hydrogen-bond acceptors (Lipinski definition) is 3. The Kier molecular flexibility index (Phi) is 2.61. The van der Waals surface area contributed by atoms with Crippen LogP contribution < -0.4 is 5.32 Å². The first-order valence-corrected chi connectivity index (χ1v) is 5.97. The molecular weight excluding hydrogens is 190 g/mol. The molecular formula is C12H23NO2. The van der Waals surface area contributed by atoms with Gasteiger partial charge in [0, 0.05) is 18.0 Å². The smallest absolute Gasteiger partial charge is 0.0754 e. The third-order valence-electron chi connectivity index (χ3n) is 5.29. The zero-order valence-corrected chi connectivity index (χ0v) is 9.95. The number of fused-ring (bicyclic) bond motifs is 2. The summed E-state index contributed by atoms with van der Waals surface area (Å²) in [5, 5.41) is 22.5. The predicted molar refractivity (Wildman–Crippen MR) is 59.5 cm³/mol. The largest absolute Gasteiger partial charge is 0.395 e. The average molecular weight is 213 g/mol. The molecule has 3 heteroatoms. The van der Waals surface area contributed by atoms with Gasteiger partial charge in [0.2, 0.25) is 0 Å². The zero-order chi connectivity index (χ0) is 11.3. The van der Waals surface area contributed by atoms with Gasteiger partial charge in [-0.1, -0.05) is 20.8 Å². The Hall–Kier alpha value is -0.120. The topological polar surface area (TPSA) is 52.5 Å². The molecule has 2 saturated carbocycles. The van der Waals surface area contributed by atoms with Crippen LogP contribution in [-0.2, 0) is 0 Å². The maximum Gasteiger partial charge on any atom is 0.0754 e. The summed E-state index contributed by atoms with van der Waals surface area (Å²) in [6.07, 6.45) is 2.06. The van der Waals surface area contributed by atoms with Crippen molar-refractivity contribution in [3.05, 3.63) is 0 Å². The highest BCUT2D eigenvalue weighted by Crippen LogP contribution is 2.65. The van der Waals surface area contributed by atoms with Gasteiger partial charge in [-0.3, -0.25) is 0 Å². The Labute approximate surface area is 91.9 Å². The molecule has 0 aliphatic heterocycles. The fourth-order valence-corrected chi connectivity index (χ4v) is 3.82. The number of aliphatic hydroxyl groups excluding tert-OH is 2. The molecule has 15 heavy (non-hydrogen) atoms. The van der Waals surface area contributed by atoms with E-state index in [-0.39, 0.29) is 29.6 Å². The Bertz CT molecular complexity index is 254. The summed E-state index contributed by atoms with van der Waals surface area (Å²) in [7, 11) is 0. The van der Waals surface area contributed by atoms with Crippen molar-refractivity contribution in [2.24, 2.45) is 16.7 Å². The monoisotopic (exact) mass is 213 g/mol. The van der Waals surface area contributed by atoms with E-state index in [1.165, 1.54) is 6.42 Å². The van der Waals surface area contributed by atoms with Crippen LogP contribution >= 0.6 is 0 Å². The fourth-order valence-electron chi connectivity index (χ4n) is 3.82. The summed E-state index contributed by atoms with van der Waals surface area (Å²) < 4.78 is 0. The molecule has 2 fully saturated rings. The van der Waals surface area contributed by atoms with E-state index in [4.69, 9.17) is 5.11 Å². The lowest BCUT2D eigenvalue weighted by Gasteiger charge is -2.37. The van der Waals surface area contributed by atoms with Gasteiger partial charge in [0.25, 0.3) is 0 Å². The Morgan fingerprint density at radius 2 is 2.00 bits per heavy atom. The highest BCUT2D eigenvalue weighted by molar-refractivity contribution is 5.16. The van der Waals surface area contributed by atoms with Crippen LogP contribution in [0.5, 0.6) is 0 Å². The Morgan fingerprint density at radius 3 is 2.47 bits per heavy atom. The lowest BCUT2D eigenvalue weighted by atomic mass is 9.70. The van der Waals surface area contributed by atoms with Gasteiger partial charge in [-0.25, -0.2) is 0 Å². The minimum absolute atomic E-state index is 0.0464. The molecule has 0 aromatic carbocycles. The van der Waals surface area contributed by atoms with Gasteiger partial charge in [-0.15, -0.1) is 0 Å². The molecule has 3 nitrogen and oxygen atoms in total. The molecule has 0 saturated heterocycles. The molecule has 0 heterocycles. The summed E-state index contributed by atoms with van der Waals surface area (Å²) >= 11 is 0. The molecule has 0 aromatic rings. The van der Waals surface area contributed by atoms with E-state index in [1.54, 1.807) is 0 Å². The van der Waals surface area contributed by atoms with Crippen molar-refractivity contribution in [1.29, 1.82) is 0 Å². The molecule has 0 radical (unpaired) electrons. The van der Waals surface area contributed by atoms with Crippen molar-refractivity contribution in [2.75, 3.05) is 13.2 Å². The Morgan fingerprint density at radius 1 is 1.33 bits per heavy atom. The maximum absolute atomic E-state index is 10.4. The summed E-state index contributed by atoms with van der Waals surface area (Å²) in [5.41, 5.74) is 0.254. The summed E-state index contributed by atoms with van der Waals surface area (Å²) in [5.74, 6) is 0.545. The van der Waals surface area contributed by atoms with Gasteiger partial charge >= 0.3 is 0 Å². The maximum atomic E-state index is 10.4. The molecule has 2 bridgehead atoms. The molecule has 88 valence electrons. The van der Waals surface area contributed by atoms with E-state index < -0.39 is 0 Å². The standard InChI is InChI=1S/C12H23NO2/c1-11(2)8-4-5-12(11,3)10(15)9(8)13-6-7-14/h8-10,13-15H,4-7H2,1-3H3/t8-,9-,10-,12-/m0/s1. The average Bonchev–Trinajstić information content (AvgIpc) is 2.48. The van der Waals surface area contributed by atoms with Crippen molar-refractivity contribution >= 4 is 0 Å². The second kappa shape index (κ2) is 3.44. The number of aliphatic hydroxyl groups is 2. The molecule has 3 N–H and O–H groups in total. The van der Waals surface area contributed by atoms with Gasteiger partial charge in [0.15, 0.2) is 0 Å². The number of nitrogens with one attached hydrogen (secondary N) is 1. The van der Waals surface area contributed by atoms with Crippen LogP contribution in [0.1, 0.15) is 33.6 Å². The molecule has 2 aliphatic rings. The zero-order valence-electron chi connectivity index (χ0n) is 9.95. The van der Waals surface area contributed by atoms with Gasteiger partial charge in [-0.2, -0.15) is 0 Å². The van der Waals surface area contributed by atoms with E-state index in [2.05, 4.69) is 26.1 Å². The van der Waals surface area contributed by atoms with E-state index in [9.17, 15) is 5.11 Å². The highest BCUT2D eigenvalue weighted by Gasteiger charge is 2.65. The number of rotatable bonds is 3. The van der Waals surface area contributed by atoms with Crippen molar-refractivity contribution in [2.45, 2.75) is 45.8 Å². The first-order valence-electron chi connectivity index (χ1n) is 5.97. The van der Waals surface area contributed by atoms with Gasteiger partial charge < -0.3 is 15.5 Å². The van der Waals surface area contributed by atoms with Crippen LogP contribution in [0.2, 0.25) is 0 Å². The molecule has 0 aromatic heterocycles. The summed E-state index contributed by atoms with van der Waals surface area (Å²) in [6, 6.07) is 0.172. The van der Waals surface area contributed by atoms with Crippen LogP contribution in [0.3, 0.4) is 0 Å². The Balaban J connectivity index is 2.18. The lowest BCUT2D eigenvalue weighted by Crippen LogP contribution is -2.47. The molecule has 0 unspecified atom stereocenters. The predicted octanol–water partition coefficient (Wildman–Crippen LogP) is 0.754. The van der Waals surface area contributed by atoms with E-state index in [0.717, 1.165) is 6.42 Å². The molecule has 4 atom stereocenters. The van der Waals surface area contributed by atoms with Crippen LogP contribution in [0, 0.1) is 16.7 Å². The second-order valence-corrected chi connectivity index (χ2v) is 5.93. The SMILES string of the molecule is CC1(C)[C@H]2CC[C@@]1(C)[C@@H](O)[C@H]2NCCO. The van der Waals surface area contributed by atoms with E-state index in [0.29, 0.717) is 12.5 Å². The van der Waals surface area contributed by atoms with Crippen LogP contribution in [0.4, 0.5) is 0 Å². The van der Waals surface area contributed by atoms with Crippen LogP contribution in [0.25, 0.3) is 0 Å². The molecule has 0 spiro atoms. The quantitative estimate of drug-likeness (QED) is 0.648. The van der Waals surface area contributed by atoms with Crippen molar-refractivity contribution < 1.29 is 10.2 Å². The summed E-state index contributed by atoms with van der Waals surface area (Å²) in [6.45, 7) is 7.48. The second-order valence-electron chi connectivity index (χ2n) is 5.93. The van der Waals surface area contributed by atoms with Crippen molar-refractivity contribution in [3.8, 4) is 0 Å². The van der Waals surface area contributed by atoms with Crippen molar-refractivity contribution in [3.63, 3.8) is 0 Å². The van der Waals surface area contributed by atoms with E-state index >= 15 is 0 Å². The molecule has 2 aliphatic carbocycles. The van der Waals surface area contributed by atoms with Crippen LogP contribution in [0.15, 0.2) is 0 Å². The minimum Gasteiger partial charge on any atom is -0.395 e. The summed E-state index contributed by atoms with van der Waals surface area (Å²) in [4.78, 5) is 0. The fraction of sp³-hybridized carbons (Fsp3) is 1.00. The van der Waals surface area contributed by atoms with Gasteiger partial charge in [-0.05, 0) is 24.2 Å². The molecule has 0 amide bonds. The third-order valence-corrected chi connectivity index (χ3v) is 5.29. The highest BCUT2D eigenvalue weighted by atomic mass is 16.3. The lowest BCUT2D eigenvalue weighted by molar-refractivity contribution is -0.000375. The van der Waals surface area contributed by atoms with Crippen molar-refractivity contribution in [1.82, 2.24) is 5.32 Å². The first kappa shape index (κ1) is 11.4. The number of hydrogen-bond donors (Lipinski definition) is 3. The normalized spacial score (nSPS) is 47.4. The third kappa shape index (κ3) is 1.30. The minimum atomic E-state index is -0.266. The van der Waals surface area contributed by atoms with Gasteiger partial charge in [0.05, 0.1) is 12.7 Å². The van der Waals surface area contributed by atoms with Gasteiger partial charge in [0.1, 0.15) is 0 Å².